The van der Waals surface area contributed by atoms with Crippen LogP contribution in [-0.4, -0.2) is 234 Å². The maximum atomic E-state index is 15.0. The number of amides is 4. The number of carbonyl (C=O) groups excluding carboxylic acids is 9. The quantitative estimate of drug-likeness (QED) is 0.0192. The molecule has 4 aliphatic heterocycles. The number of esters is 3. The number of pyridine rings is 2. The molecule has 141 heavy (non-hydrogen) atoms. The van der Waals surface area contributed by atoms with Crippen molar-refractivity contribution in [1.29, 1.82) is 0 Å². The van der Waals surface area contributed by atoms with E-state index >= 15 is 4.79 Å². The van der Waals surface area contributed by atoms with Crippen LogP contribution in [0.2, 0.25) is 10.0 Å². The zero-order valence-corrected chi connectivity index (χ0v) is 87.0. The van der Waals surface area contributed by atoms with E-state index in [-0.39, 0.29) is 157 Å². The van der Waals surface area contributed by atoms with E-state index in [9.17, 15) is 65.8 Å². The summed E-state index contributed by atoms with van der Waals surface area (Å²) in [7, 11) is 1.31. The number of fused-ring (bicyclic) bond motifs is 4. The minimum absolute atomic E-state index is 0.0152. The summed E-state index contributed by atoms with van der Waals surface area (Å²) < 4.78 is 113. The third kappa shape index (κ3) is 24.4. The number of methoxy groups -OCH3 is 1. The van der Waals surface area contributed by atoms with Crippen LogP contribution in [0.4, 0.5) is 37.4 Å². The predicted octanol–water partition coefficient (Wildman–Crippen LogP) is 20.2. The number of carboxylic acid groups (broad SMARTS) is 1. The van der Waals surface area contributed by atoms with Crippen molar-refractivity contribution in [3.8, 4) is 45.8 Å². The predicted molar refractivity (Wildman–Crippen MR) is 523 cm³/mol. The summed E-state index contributed by atoms with van der Waals surface area (Å²) in [6, 6.07) is 5.99. The summed E-state index contributed by atoms with van der Waals surface area (Å²) in [6.45, 7) is 30.7. The molecule has 2 aromatic carbocycles. The lowest BCUT2D eigenvalue weighted by atomic mass is 9.77. The number of Topliss-reactive ketones (excluding diaryl/α,β-unsaturated/α-hetero) is 2. The molecule has 4 saturated heterocycles. The number of anilines is 2. The van der Waals surface area contributed by atoms with Crippen LogP contribution in [0.3, 0.4) is 0 Å². The highest BCUT2D eigenvalue weighted by Gasteiger charge is 2.64. The van der Waals surface area contributed by atoms with Crippen molar-refractivity contribution in [1.82, 2.24) is 39.5 Å². The van der Waals surface area contributed by atoms with Crippen molar-refractivity contribution in [2.24, 2.45) is 69.0 Å². The van der Waals surface area contributed by atoms with Crippen molar-refractivity contribution in [2.45, 2.75) is 324 Å². The second kappa shape index (κ2) is 40.7. The van der Waals surface area contributed by atoms with E-state index in [1.165, 1.54) is 46.0 Å². The van der Waals surface area contributed by atoms with E-state index in [2.05, 4.69) is 10.6 Å². The molecule has 30 nitrogen and oxygen atoms in total. The standard InChI is InChI=1S/C52H68ClF2N5O10S.C51H66ClF2N5O10S/c1-11-30-20-51(30,46(64)66-10)22-39(61)38-17-33(23-59(38)45(63)35(49(4,5)6)18-42(62)69-32-15-28-14-29(28)16-32)68-41-19-36(37-25-71-47(58-37)56-27(2)3)57-44-34(41)12-13-40(43(44)53)67-24-31-21-52(54,55)26-60(31)48(65)70-50(7,8)9;1-10-29-19-50(29,45(63)64)21-38(60)37-16-32(22-58(37)44(62)34(48(4,5)6)17-41(61)68-31-14-27-13-28(27)15-31)67-40-18-35(36-24-70-46(57-36)55-26(2)3)56-43-33(40)11-12-39(42(43)52)66-23-30-20-51(53,54)25-59(30)47(65)69-49(7,8)9/h12-13,19,25,27-33,35,38H,11,14-18,20-24,26H2,1-10H3,(H,56,58);11-12,18,24,26-32,34,37H,10,13-17,19-23,25H2,1-9H3,(H,55,57)(H,63,64)/t28-,29+,30-,31+,32?,33-,35-,38+,51-;27-,28+,29-,30+,31?,32-,34-,37+,50-/m11/s1. The molecule has 16 rings (SSSR count). The van der Waals surface area contributed by atoms with Gasteiger partial charge in [0.15, 0.2) is 21.8 Å². The number of aliphatic carboxylic acids is 1. The number of thiazole rings is 2. The van der Waals surface area contributed by atoms with Gasteiger partial charge in [0.2, 0.25) is 11.8 Å². The highest BCUT2D eigenvalue weighted by atomic mass is 35.5. The largest absolute Gasteiger partial charge is 0.490 e. The van der Waals surface area contributed by atoms with Crippen LogP contribution >= 0.6 is 45.9 Å². The number of aromatic nitrogens is 4. The molecular formula is C103H134Cl2F4N10O20S2. The molecule has 6 saturated carbocycles. The Balaban J connectivity index is 0.000000213. The van der Waals surface area contributed by atoms with E-state index < -0.39 is 161 Å². The third-order valence-electron chi connectivity index (χ3n) is 29.2. The summed E-state index contributed by atoms with van der Waals surface area (Å²) in [4.78, 5) is 163. The molecule has 0 radical (unpaired) electrons. The van der Waals surface area contributed by atoms with Gasteiger partial charge in [-0.25, -0.2) is 47.1 Å². The van der Waals surface area contributed by atoms with Crippen LogP contribution in [0.15, 0.2) is 47.2 Å². The van der Waals surface area contributed by atoms with Crippen molar-refractivity contribution < 1.29 is 113 Å². The molecule has 38 heteroatoms. The van der Waals surface area contributed by atoms with Gasteiger partial charge in [0.1, 0.15) is 93.3 Å². The number of halogens is 6. The maximum Gasteiger partial charge on any atom is 0.410 e. The number of nitrogens with one attached hydrogen (secondary N) is 2. The monoisotopic (exact) mass is 2040 g/mol. The van der Waals surface area contributed by atoms with Gasteiger partial charge in [-0.05, 0) is 191 Å². The van der Waals surface area contributed by atoms with Gasteiger partial charge < -0.3 is 68.2 Å². The van der Waals surface area contributed by atoms with E-state index in [0.717, 1.165) is 41.9 Å². The zero-order chi connectivity index (χ0) is 102. The number of ether oxygens (including phenoxy) is 9. The smallest absolute Gasteiger partial charge is 0.410 e. The number of hydrogen-bond donors (Lipinski definition) is 3. The average molecular weight is 2040 g/mol. The number of nitrogens with zero attached hydrogens (tertiary/aromatic N) is 8. The molecular weight excluding hydrogens is 1910 g/mol. The van der Waals surface area contributed by atoms with Gasteiger partial charge in [-0.3, -0.25) is 48.2 Å². The van der Waals surface area contributed by atoms with Crippen LogP contribution in [0.5, 0.6) is 23.0 Å². The van der Waals surface area contributed by atoms with Crippen LogP contribution in [0, 0.1) is 69.0 Å². The number of rotatable bonds is 34. The Morgan fingerprint density at radius 2 is 0.872 bits per heavy atom. The Labute approximate surface area is 838 Å². The van der Waals surface area contributed by atoms with Crippen molar-refractivity contribution >= 4 is 137 Å². The number of likely N-dealkylation sites (tertiary alicyclic amines) is 4. The molecule has 0 bridgehead atoms. The fourth-order valence-corrected chi connectivity index (χ4v) is 23.7. The molecule has 4 amide bonds. The number of hydrogen-bond acceptors (Lipinski definition) is 27. The first kappa shape index (κ1) is 106. The topological polar surface area (TPSA) is 363 Å². The highest BCUT2D eigenvalue weighted by Crippen LogP contribution is 2.61. The Kier molecular flexibility index (Phi) is 30.5. The van der Waals surface area contributed by atoms with Crippen molar-refractivity contribution in [3.63, 3.8) is 0 Å². The number of carbonyl (C=O) groups is 10. The van der Waals surface area contributed by atoms with Gasteiger partial charge in [0.25, 0.3) is 11.8 Å². The lowest BCUT2D eigenvalue weighted by Gasteiger charge is -2.35. The molecule has 8 heterocycles. The molecule has 3 N–H and O–H groups in total. The highest BCUT2D eigenvalue weighted by molar-refractivity contribution is 7.14. The first-order valence-corrected chi connectivity index (χ1v) is 52.0. The van der Waals surface area contributed by atoms with Crippen LogP contribution in [0.1, 0.15) is 240 Å². The minimum Gasteiger partial charge on any atom is -0.490 e. The van der Waals surface area contributed by atoms with E-state index in [4.69, 9.17) is 85.8 Å². The summed E-state index contributed by atoms with van der Waals surface area (Å²) in [6.07, 6.45) is 2.32. The molecule has 10 fully saturated rings. The summed E-state index contributed by atoms with van der Waals surface area (Å²) in [5, 5.41) is 22.9. The summed E-state index contributed by atoms with van der Waals surface area (Å²) in [5.74, 6) is -8.88. The number of alkyl halides is 4. The van der Waals surface area contributed by atoms with Gasteiger partial charge >= 0.3 is 36.1 Å². The molecule has 770 valence electrons. The number of benzene rings is 2. The van der Waals surface area contributed by atoms with Crippen LogP contribution in [-0.2, 0) is 62.0 Å². The maximum absolute atomic E-state index is 15.0. The van der Waals surface area contributed by atoms with Gasteiger partial charge in [0.05, 0.1) is 115 Å². The molecule has 6 aliphatic carbocycles. The second-order valence-corrected chi connectivity index (χ2v) is 47.9. The minimum atomic E-state index is -3.16. The van der Waals surface area contributed by atoms with E-state index in [1.807, 2.05) is 93.8 Å². The summed E-state index contributed by atoms with van der Waals surface area (Å²) in [5.41, 5.74) is -3.22. The SMILES string of the molecule is CC[C@@H]1C[C@]1(CC(=O)[C@@H]1C[C@@H](Oc2cc(-c3csc(NC(C)C)n3)nc3c(Cl)c(OC[C@@H]4CC(F)(F)CN4C(=O)OC(C)(C)C)ccc23)CN1C(=O)[C@@H](CC(=O)OC1C[C@@H]2C[C@@H]2C1)C(C)(C)C)C(=O)O.CC[C@@H]1C[C@]1(CC(=O)[C@@H]1C[C@@H](Oc2cc(-c3csc(NC(C)C)n3)nc3c(Cl)c(OC[C@@H]4CC(F)(F)CN4C(=O)OC(C)(C)C)ccc23)CN1C(=O)[C@@H](CC(=O)OC1C[C@@H]2C[C@@H]2C1)C(C)(C)C)C(=O)OC. The Bertz CT molecular complexity index is 5740. The van der Waals surface area contributed by atoms with Gasteiger partial charge in [0, 0.05) is 84.3 Å². The normalized spacial score (nSPS) is 27.2. The fourth-order valence-electron chi connectivity index (χ4n) is 21.5. The molecule has 2 unspecified atom stereocenters. The molecule has 6 aromatic rings. The second-order valence-electron chi connectivity index (χ2n) is 45.4. The fraction of sp³-hybridized carbons (Fsp3) is 0.670. The van der Waals surface area contributed by atoms with Crippen molar-refractivity contribution in [2.75, 3.05) is 57.1 Å². The van der Waals surface area contributed by atoms with E-state index in [0.29, 0.717) is 98.9 Å². The van der Waals surface area contributed by atoms with E-state index in [1.54, 1.807) is 77.9 Å². The Morgan fingerprint density at radius 3 is 1.21 bits per heavy atom. The Hall–Kier alpha value is -9.68. The van der Waals surface area contributed by atoms with Crippen molar-refractivity contribution in [3.05, 3.63) is 57.2 Å². The molecule has 10 aliphatic rings. The lowest BCUT2D eigenvalue weighted by molar-refractivity contribution is -0.157. The third-order valence-corrected chi connectivity index (χ3v) is 31.5. The average Bonchev–Trinajstić information content (AvgIpc) is 1.57. The van der Waals surface area contributed by atoms with Gasteiger partial charge in [-0.1, -0.05) is 91.4 Å². The first-order valence-electron chi connectivity index (χ1n) is 49.4. The number of ketones is 2. The van der Waals surface area contributed by atoms with Gasteiger partial charge in [-0.15, -0.1) is 22.7 Å². The van der Waals surface area contributed by atoms with Crippen LogP contribution < -0.4 is 29.6 Å². The molecule has 18 atom stereocenters. The first-order chi connectivity index (χ1) is 66.0. The van der Waals surface area contributed by atoms with Crippen LogP contribution in [0.25, 0.3) is 44.6 Å². The molecule has 4 aromatic heterocycles. The van der Waals surface area contributed by atoms with Gasteiger partial charge in [-0.2, -0.15) is 0 Å². The lowest BCUT2D eigenvalue weighted by Crippen LogP contribution is -2.48. The zero-order valence-electron chi connectivity index (χ0n) is 83.8. The number of carboxylic acids is 1. The Morgan fingerprint density at radius 1 is 0.496 bits per heavy atom. The summed E-state index contributed by atoms with van der Waals surface area (Å²) >= 11 is 17.0. The molecule has 0 spiro atoms.